The van der Waals surface area contributed by atoms with Crippen LogP contribution in [0.2, 0.25) is 0 Å². The molecule has 0 spiro atoms. The predicted molar refractivity (Wildman–Crippen MR) is 37.8 cm³/mol. The maximum atomic E-state index is 5.29. The molecule has 0 fully saturated rings. The van der Waals surface area contributed by atoms with Crippen LogP contribution in [0.15, 0.2) is 4.99 Å². The van der Waals surface area contributed by atoms with E-state index >= 15 is 0 Å². The second-order valence-corrected chi connectivity index (χ2v) is 2.31. The largest absolute Gasteiger partial charge is 0.357 e. The fraction of sp³-hybridized carbons (Fsp3) is 0.857. The Kier molecular flexibility index (Phi) is 2.22. The molecule has 0 saturated heterocycles. The highest BCUT2D eigenvalue weighted by molar-refractivity contribution is 5.83. The van der Waals surface area contributed by atoms with Crippen molar-refractivity contribution in [2.24, 2.45) is 4.99 Å². The van der Waals surface area contributed by atoms with Crippen molar-refractivity contribution in [1.82, 2.24) is 0 Å². The fourth-order valence-electron chi connectivity index (χ4n) is 1.02. The molecule has 1 aliphatic rings. The van der Waals surface area contributed by atoms with E-state index < -0.39 is 0 Å². The van der Waals surface area contributed by atoms with Crippen LogP contribution in [0.4, 0.5) is 0 Å². The van der Waals surface area contributed by atoms with Crippen LogP contribution in [0.1, 0.15) is 26.7 Å². The summed E-state index contributed by atoms with van der Waals surface area (Å²) in [5.41, 5.74) is 1.23. The van der Waals surface area contributed by atoms with Crippen molar-refractivity contribution >= 4 is 5.71 Å². The van der Waals surface area contributed by atoms with Gasteiger partial charge in [0.15, 0.2) is 0 Å². The van der Waals surface area contributed by atoms with Crippen LogP contribution in [-0.2, 0) is 4.74 Å². The van der Waals surface area contributed by atoms with E-state index in [2.05, 4.69) is 11.9 Å². The van der Waals surface area contributed by atoms with Crippen molar-refractivity contribution < 1.29 is 4.74 Å². The van der Waals surface area contributed by atoms with E-state index in [1.165, 1.54) is 5.71 Å². The first-order valence-electron chi connectivity index (χ1n) is 3.48. The van der Waals surface area contributed by atoms with Gasteiger partial charge in [-0.1, -0.05) is 0 Å². The first-order chi connectivity index (χ1) is 4.33. The molecule has 0 radical (unpaired) electrons. The maximum absolute atomic E-state index is 5.29. The van der Waals surface area contributed by atoms with Crippen molar-refractivity contribution in [3.8, 4) is 0 Å². The average molecular weight is 127 g/mol. The van der Waals surface area contributed by atoms with Crippen LogP contribution in [0, 0.1) is 0 Å². The van der Waals surface area contributed by atoms with Gasteiger partial charge in [0.2, 0.25) is 0 Å². The van der Waals surface area contributed by atoms with Gasteiger partial charge in [-0.2, -0.15) is 0 Å². The van der Waals surface area contributed by atoms with Gasteiger partial charge in [-0.05, 0) is 26.7 Å². The monoisotopic (exact) mass is 127 g/mol. The molecule has 1 unspecified atom stereocenters. The third kappa shape index (κ3) is 1.79. The van der Waals surface area contributed by atoms with Gasteiger partial charge >= 0.3 is 0 Å². The summed E-state index contributed by atoms with van der Waals surface area (Å²) in [6, 6.07) is 0. The molecule has 0 bridgehead atoms. The zero-order valence-corrected chi connectivity index (χ0v) is 6.05. The molecule has 52 valence electrons. The molecule has 2 nitrogen and oxygen atoms in total. The number of nitrogens with zero attached hydrogens (tertiary/aromatic N) is 1. The lowest BCUT2D eigenvalue weighted by Crippen LogP contribution is -2.04. The van der Waals surface area contributed by atoms with Crippen LogP contribution >= 0.6 is 0 Å². The van der Waals surface area contributed by atoms with Crippen molar-refractivity contribution in [2.45, 2.75) is 32.9 Å². The van der Waals surface area contributed by atoms with Gasteiger partial charge in [0.05, 0.1) is 0 Å². The van der Waals surface area contributed by atoms with Gasteiger partial charge in [-0.3, -0.25) is 4.99 Å². The third-order valence-corrected chi connectivity index (χ3v) is 1.48. The third-order valence-electron chi connectivity index (χ3n) is 1.48. The molecule has 1 rings (SSSR count). The molecule has 0 aromatic rings. The maximum Gasteiger partial charge on any atom is 0.148 e. The smallest absolute Gasteiger partial charge is 0.148 e. The standard InChI is InChI=1S/C7H13NO/c1-3-9-7-5-4-6(2)8-7/h7H,3-5H2,1-2H3. The van der Waals surface area contributed by atoms with E-state index in [0.717, 1.165) is 19.4 Å². The highest BCUT2D eigenvalue weighted by Crippen LogP contribution is 2.13. The highest BCUT2D eigenvalue weighted by Gasteiger charge is 2.12. The highest BCUT2D eigenvalue weighted by atomic mass is 16.5. The molecule has 0 aromatic heterocycles. The molecular formula is C7H13NO. The number of aliphatic imine (C=N–C) groups is 1. The molecule has 9 heavy (non-hydrogen) atoms. The zero-order chi connectivity index (χ0) is 6.69. The first-order valence-corrected chi connectivity index (χ1v) is 3.48. The molecule has 2 heteroatoms. The Morgan fingerprint density at radius 3 is 3.00 bits per heavy atom. The minimum atomic E-state index is 0.176. The number of hydrogen-bond acceptors (Lipinski definition) is 2. The van der Waals surface area contributed by atoms with Gasteiger partial charge in [0.1, 0.15) is 6.23 Å². The van der Waals surface area contributed by atoms with E-state index in [4.69, 9.17) is 4.74 Å². The molecule has 0 amide bonds. The number of hydrogen-bond donors (Lipinski definition) is 0. The van der Waals surface area contributed by atoms with E-state index in [-0.39, 0.29) is 6.23 Å². The average Bonchev–Trinajstić information content (AvgIpc) is 2.17. The SMILES string of the molecule is CCOC1CCC(C)=N1. The van der Waals surface area contributed by atoms with Crippen LogP contribution in [0.3, 0.4) is 0 Å². The van der Waals surface area contributed by atoms with E-state index in [1.54, 1.807) is 0 Å². The van der Waals surface area contributed by atoms with Crippen LogP contribution in [0.5, 0.6) is 0 Å². The second kappa shape index (κ2) is 2.97. The predicted octanol–water partition coefficient (Wildman–Crippen LogP) is 1.60. The molecule has 0 aliphatic carbocycles. The molecule has 1 atom stereocenters. The van der Waals surface area contributed by atoms with Gasteiger partial charge in [0.25, 0.3) is 0 Å². The summed E-state index contributed by atoms with van der Waals surface area (Å²) in [5.74, 6) is 0. The summed E-state index contributed by atoms with van der Waals surface area (Å²) in [4.78, 5) is 4.27. The Hall–Kier alpha value is -0.370. The van der Waals surface area contributed by atoms with Crippen LogP contribution in [-0.4, -0.2) is 18.5 Å². The van der Waals surface area contributed by atoms with E-state index in [1.807, 2.05) is 6.92 Å². The Morgan fingerprint density at radius 2 is 2.56 bits per heavy atom. The molecular weight excluding hydrogens is 114 g/mol. The first kappa shape index (κ1) is 6.75. The van der Waals surface area contributed by atoms with Crippen molar-refractivity contribution in [1.29, 1.82) is 0 Å². The summed E-state index contributed by atoms with van der Waals surface area (Å²) < 4.78 is 5.29. The molecule has 1 aliphatic heterocycles. The summed E-state index contributed by atoms with van der Waals surface area (Å²) in [5, 5.41) is 0. The minimum absolute atomic E-state index is 0.176. The topological polar surface area (TPSA) is 21.6 Å². The zero-order valence-electron chi connectivity index (χ0n) is 6.05. The van der Waals surface area contributed by atoms with Crippen LogP contribution in [0.25, 0.3) is 0 Å². The lowest BCUT2D eigenvalue weighted by molar-refractivity contribution is 0.0709. The Bertz CT molecular complexity index is 120. The van der Waals surface area contributed by atoms with Gasteiger partial charge in [0, 0.05) is 12.3 Å². The summed E-state index contributed by atoms with van der Waals surface area (Å²) in [6.07, 6.45) is 2.37. The lowest BCUT2D eigenvalue weighted by atomic mass is 10.3. The molecule has 0 aromatic carbocycles. The summed E-state index contributed by atoms with van der Waals surface area (Å²) in [7, 11) is 0. The minimum Gasteiger partial charge on any atom is -0.357 e. The Morgan fingerprint density at radius 1 is 1.78 bits per heavy atom. The Balaban J connectivity index is 2.29. The van der Waals surface area contributed by atoms with Gasteiger partial charge in [-0.25, -0.2) is 0 Å². The lowest BCUT2D eigenvalue weighted by Gasteiger charge is -2.03. The van der Waals surface area contributed by atoms with Crippen molar-refractivity contribution in [3.05, 3.63) is 0 Å². The molecule has 1 heterocycles. The van der Waals surface area contributed by atoms with Crippen molar-refractivity contribution in [2.75, 3.05) is 6.61 Å². The molecule has 0 N–H and O–H groups in total. The Labute approximate surface area is 55.9 Å². The number of ether oxygens (including phenoxy) is 1. The fourth-order valence-corrected chi connectivity index (χ4v) is 1.02. The molecule has 0 saturated carbocycles. The number of rotatable bonds is 2. The van der Waals surface area contributed by atoms with E-state index in [9.17, 15) is 0 Å². The summed E-state index contributed by atoms with van der Waals surface area (Å²) in [6.45, 7) is 4.84. The normalized spacial score (nSPS) is 26.4. The van der Waals surface area contributed by atoms with E-state index in [0.29, 0.717) is 0 Å². The van der Waals surface area contributed by atoms with Crippen molar-refractivity contribution in [3.63, 3.8) is 0 Å². The quantitative estimate of drug-likeness (QED) is 0.552. The van der Waals surface area contributed by atoms with Gasteiger partial charge in [-0.15, -0.1) is 0 Å². The summed E-state index contributed by atoms with van der Waals surface area (Å²) >= 11 is 0. The van der Waals surface area contributed by atoms with Gasteiger partial charge < -0.3 is 4.74 Å². The second-order valence-electron chi connectivity index (χ2n) is 2.31. The van der Waals surface area contributed by atoms with Crippen LogP contribution < -0.4 is 0 Å².